The quantitative estimate of drug-likeness (QED) is 0.253. The van der Waals surface area contributed by atoms with Crippen molar-refractivity contribution in [1.29, 1.82) is 0 Å². The number of amides is 1. The van der Waals surface area contributed by atoms with Crippen molar-refractivity contribution in [3.63, 3.8) is 0 Å². The molecule has 1 unspecified atom stereocenters. The maximum Gasteiger partial charge on any atom is 0.290 e. The second kappa shape index (κ2) is 12.0. The molecule has 4 rings (SSSR count). The minimum atomic E-state index is -0.709. The van der Waals surface area contributed by atoms with Gasteiger partial charge in [-0.3, -0.25) is 9.59 Å². The molecular formula is C31H31NO4. The van der Waals surface area contributed by atoms with Crippen LogP contribution in [-0.4, -0.2) is 28.3 Å². The summed E-state index contributed by atoms with van der Waals surface area (Å²) in [6, 6.07) is 25.7. The number of allylic oxidation sites excluding steroid dienone is 1. The van der Waals surface area contributed by atoms with Gasteiger partial charge >= 0.3 is 0 Å². The topological polar surface area (TPSA) is 66.8 Å². The molecule has 1 heterocycles. The van der Waals surface area contributed by atoms with Crippen LogP contribution in [0.15, 0.2) is 102 Å². The Balaban J connectivity index is 1.63. The largest absolute Gasteiger partial charge is 0.503 e. The third-order valence-electron chi connectivity index (χ3n) is 6.20. The summed E-state index contributed by atoms with van der Waals surface area (Å²) < 4.78 is 5.83. The average molecular weight is 482 g/mol. The zero-order valence-electron chi connectivity index (χ0n) is 20.5. The van der Waals surface area contributed by atoms with Crippen LogP contribution in [0.5, 0.6) is 5.75 Å². The Morgan fingerprint density at radius 2 is 1.61 bits per heavy atom. The van der Waals surface area contributed by atoms with E-state index in [4.69, 9.17) is 4.74 Å². The van der Waals surface area contributed by atoms with Gasteiger partial charge in [-0.05, 0) is 41.3 Å². The molecule has 3 aromatic carbocycles. The summed E-state index contributed by atoms with van der Waals surface area (Å²) in [5.41, 5.74) is 2.59. The third kappa shape index (κ3) is 5.92. The molecule has 0 aromatic heterocycles. The lowest BCUT2D eigenvalue weighted by Crippen LogP contribution is -2.30. The lowest BCUT2D eigenvalue weighted by atomic mass is 9.95. The molecule has 1 amide bonds. The van der Waals surface area contributed by atoms with Gasteiger partial charge in [0.25, 0.3) is 5.91 Å². The third-order valence-corrected chi connectivity index (χ3v) is 6.20. The van der Waals surface area contributed by atoms with Gasteiger partial charge in [-0.1, -0.05) is 98.6 Å². The highest BCUT2D eigenvalue weighted by Gasteiger charge is 2.42. The maximum absolute atomic E-state index is 13.3. The molecule has 0 radical (unpaired) electrons. The van der Waals surface area contributed by atoms with E-state index in [1.807, 2.05) is 84.9 Å². The molecular weight excluding hydrogens is 450 g/mol. The molecule has 5 nitrogen and oxygen atoms in total. The van der Waals surface area contributed by atoms with Gasteiger partial charge in [-0.2, -0.15) is 0 Å². The van der Waals surface area contributed by atoms with E-state index in [0.29, 0.717) is 6.61 Å². The van der Waals surface area contributed by atoms with E-state index in [9.17, 15) is 14.7 Å². The van der Waals surface area contributed by atoms with E-state index < -0.39 is 23.5 Å². The van der Waals surface area contributed by atoms with Crippen LogP contribution in [-0.2, 0) is 16.1 Å². The zero-order valence-corrected chi connectivity index (χ0v) is 20.5. The van der Waals surface area contributed by atoms with Gasteiger partial charge in [0.15, 0.2) is 11.5 Å². The average Bonchev–Trinajstić information content (AvgIpc) is 3.16. The van der Waals surface area contributed by atoms with Gasteiger partial charge < -0.3 is 14.7 Å². The van der Waals surface area contributed by atoms with Crippen LogP contribution >= 0.6 is 0 Å². The first kappa shape index (κ1) is 25.0. The second-order valence-electron chi connectivity index (χ2n) is 8.82. The molecule has 184 valence electrons. The number of aliphatic hydroxyl groups is 1. The fourth-order valence-electron chi connectivity index (χ4n) is 4.31. The standard InChI is InChI=1S/C31H31NO4/c1-2-3-10-21-36-26-18-16-25(17-19-26)29-28(27(33)20-15-23-11-6-4-7-12-23)30(34)31(35)32(29)22-24-13-8-5-9-14-24/h4-9,11-20,29,34H,2-3,10,21-22H2,1H3/b20-15+. The van der Waals surface area contributed by atoms with Crippen LogP contribution in [0.3, 0.4) is 0 Å². The van der Waals surface area contributed by atoms with Crippen LogP contribution in [0.25, 0.3) is 6.08 Å². The van der Waals surface area contributed by atoms with Gasteiger partial charge in [-0.15, -0.1) is 0 Å². The SMILES string of the molecule is CCCCCOc1ccc(C2C(C(=O)/C=C/c3ccccc3)=C(O)C(=O)N2Cc2ccccc2)cc1. The lowest BCUT2D eigenvalue weighted by Gasteiger charge is -2.27. The monoisotopic (exact) mass is 481 g/mol. The summed E-state index contributed by atoms with van der Waals surface area (Å²) in [7, 11) is 0. The Labute approximate surface area is 212 Å². The van der Waals surface area contributed by atoms with Gasteiger partial charge in [-0.25, -0.2) is 0 Å². The number of nitrogens with zero attached hydrogens (tertiary/aromatic N) is 1. The Morgan fingerprint density at radius 3 is 2.28 bits per heavy atom. The first-order valence-electron chi connectivity index (χ1n) is 12.4. The van der Waals surface area contributed by atoms with E-state index in [1.165, 1.54) is 6.08 Å². The molecule has 0 spiro atoms. The van der Waals surface area contributed by atoms with Crippen LogP contribution in [0.4, 0.5) is 0 Å². The van der Waals surface area contributed by atoms with Crippen molar-refractivity contribution in [2.45, 2.75) is 38.8 Å². The number of hydrogen-bond acceptors (Lipinski definition) is 4. The van der Waals surface area contributed by atoms with E-state index in [-0.39, 0.29) is 12.1 Å². The molecule has 1 aliphatic heterocycles. The van der Waals surface area contributed by atoms with Crippen molar-refractivity contribution in [1.82, 2.24) is 4.90 Å². The first-order valence-corrected chi connectivity index (χ1v) is 12.4. The molecule has 3 aromatic rings. The molecule has 1 atom stereocenters. The first-order chi connectivity index (χ1) is 17.6. The zero-order chi connectivity index (χ0) is 25.3. The maximum atomic E-state index is 13.3. The summed E-state index contributed by atoms with van der Waals surface area (Å²) >= 11 is 0. The highest BCUT2D eigenvalue weighted by atomic mass is 16.5. The number of benzene rings is 3. The summed E-state index contributed by atoms with van der Waals surface area (Å²) in [5, 5.41) is 10.8. The van der Waals surface area contributed by atoms with Crippen molar-refractivity contribution in [3.05, 3.63) is 119 Å². The summed E-state index contributed by atoms with van der Waals surface area (Å²) in [5.74, 6) is -0.720. The Morgan fingerprint density at radius 1 is 0.944 bits per heavy atom. The molecule has 0 saturated heterocycles. The smallest absolute Gasteiger partial charge is 0.290 e. The highest BCUT2D eigenvalue weighted by Crippen LogP contribution is 2.39. The minimum absolute atomic E-state index is 0.0831. The van der Waals surface area contributed by atoms with Crippen molar-refractivity contribution < 1.29 is 19.4 Å². The fourth-order valence-corrected chi connectivity index (χ4v) is 4.31. The minimum Gasteiger partial charge on any atom is -0.503 e. The number of aliphatic hydroxyl groups excluding tert-OH is 1. The van der Waals surface area contributed by atoms with E-state index >= 15 is 0 Å². The summed E-state index contributed by atoms with van der Waals surface area (Å²) in [4.78, 5) is 28.0. The molecule has 1 N–H and O–H groups in total. The summed E-state index contributed by atoms with van der Waals surface area (Å²) in [6.07, 6.45) is 6.34. The molecule has 1 aliphatic rings. The number of ether oxygens (including phenoxy) is 1. The molecule has 36 heavy (non-hydrogen) atoms. The molecule has 0 bridgehead atoms. The lowest BCUT2D eigenvalue weighted by molar-refractivity contribution is -0.130. The predicted octanol–water partition coefficient (Wildman–Crippen LogP) is 6.43. The predicted molar refractivity (Wildman–Crippen MR) is 141 cm³/mol. The molecule has 0 aliphatic carbocycles. The molecule has 0 saturated carbocycles. The van der Waals surface area contributed by atoms with Gasteiger partial charge in [0.1, 0.15) is 5.75 Å². The van der Waals surface area contributed by atoms with Crippen molar-refractivity contribution >= 4 is 17.8 Å². The number of hydrogen-bond donors (Lipinski definition) is 1. The van der Waals surface area contributed by atoms with E-state index in [1.54, 1.807) is 11.0 Å². The van der Waals surface area contributed by atoms with Crippen LogP contribution < -0.4 is 4.74 Å². The van der Waals surface area contributed by atoms with Gasteiger partial charge in [0.2, 0.25) is 0 Å². The Kier molecular flexibility index (Phi) is 8.35. The summed E-state index contributed by atoms with van der Waals surface area (Å²) in [6.45, 7) is 3.06. The fraction of sp³-hybridized carbons (Fsp3) is 0.226. The van der Waals surface area contributed by atoms with Crippen LogP contribution in [0.2, 0.25) is 0 Å². The molecule has 0 fully saturated rings. The normalized spacial score (nSPS) is 15.6. The van der Waals surface area contributed by atoms with Gasteiger partial charge in [0.05, 0.1) is 18.2 Å². The number of carbonyl (C=O) groups is 2. The number of ketones is 1. The van der Waals surface area contributed by atoms with Gasteiger partial charge in [0, 0.05) is 6.54 Å². The number of carbonyl (C=O) groups excluding carboxylic acids is 2. The highest BCUT2D eigenvalue weighted by molar-refractivity contribution is 6.14. The van der Waals surface area contributed by atoms with E-state index in [2.05, 4.69) is 6.92 Å². The number of unbranched alkanes of at least 4 members (excludes halogenated alkanes) is 2. The molecule has 5 heteroatoms. The number of rotatable bonds is 11. The Hall–Kier alpha value is -4.12. The van der Waals surface area contributed by atoms with Crippen molar-refractivity contribution in [3.8, 4) is 5.75 Å². The second-order valence-corrected chi connectivity index (χ2v) is 8.82. The van der Waals surface area contributed by atoms with Crippen molar-refractivity contribution in [2.75, 3.05) is 6.61 Å². The van der Waals surface area contributed by atoms with Crippen LogP contribution in [0.1, 0.15) is 48.9 Å². The van der Waals surface area contributed by atoms with Crippen LogP contribution in [0, 0.1) is 0 Å². The Bertz CT molecular complexity index is 1230. The van der Waals surface area contributed by atoms with E-state index in [0.717, 1.165) is 41.7 Å². The van der Waals surface area contributed by atoms with Crippen molar-refractivity contribution in [2.24, 2.45) is 0 Å².